The first-order valence-corrected chi connectivity index (χ1v) is 8.08. The van der Waals surface area contributed by atoms with Gasteiger partial charge in [0.05, 0.1) is 6.54 Å². The standard InChI is InChI=1S/C8H18N2O2.C6H10O7/c11-8-4-3-6-9-5-1-2-7-10-12;7-1-2(8)4(5(10)11)13-6(12)3(1)9/h9,11H,1-8H2;1-4,6-9,12H,(H,10,11)/t;1-,2-,3+,4-,6?/m.0/s1. The molecule has 148 valence electrons. The molecule has 0 aromatic carbocycles. The van der Waals surface area contributed by atoms with E-state index in [1.807, 2.05) is 0 Å². The van der Waals surface area contributed by atoms with Crippen LogP contribution in [0.2, 0.25) is 0 Å². The van der Waals surface area contributed by atoms with E-state index in [1.165, 1.54) is 0 Å². The van der Waals surface area contributed by atoms with Crippen molar-refractivity contribution in [2.75, 3.05) is 26.2 Å². The number of nitroso groups, excluding NO2 is 1. The lowest BCUT2D eigenvalue weighted by Gasteiger charge is -2.36. The molecular weight excluding hydrogens is 340 g/mol. The van der Waals surface area contributed by atoms with Gasteiger partial charge in [-0.15, -0.1) is 0 Å². The summed E-state index contributed by atoms with van der Waals surface area (Å²) in [5.41, 5.74) is 0. The molecule has 0 bridgehead atoms. The maximum absolute atomic E-state index is 10.4. The summed E-state index contributed by atoms with van der Waals surface area (Å²) in [4.78, 5) is 20.1. The summed E-state index contributed by atoms with van der Waals surface area (Å²) in [6.45, 7) is 2.60. The molecule has 1 saturated heterocycles. The van der Waals surface area contributed by atoms with Gasteiger partial charge >= 0.3 is 5.97 Å². The highest BCUT2D eigenvalue weighted by Gasteiger charge is 2.46. The van der Waals surface area contributed by atoms with Gasteiger partial charge in [-0.3, -0.25) is 0 Å². The molecule has 1 aliphatic rings. The van der Waals surface area contributed by atoms with Crippen LogP contribution < -0.4 is 5.32 Å². The van der Waals surface area contributed by atoms with Gasteiger partial charge in [0.2, 0.25) is 0 Å². The number of ether oxygens (including phenoxy) is 1. The molecule has 5 atom stereocenters. The Morgan fingerprint density at radius 3 is 2.08 bits per heavy atom. The Kier molecular flexibility index (Phi) is 13.3. The van der Waals surface area contributed by atoms with E-state index in [0.29, 0.717) is 6.54 Å². The van der Waals surface area contributed by atoms with E-state index in [9.17, 15) is 9.70 Å². The highest BCUT2D eigenvalue weighted by molar-refractivity contribution is 5.73. The van der Waals surface area contributed by atoms with E-state index in [2.05, 4.69) is 15.2 Å². The number of aliphatic hydroxyl groups is 5. The van der Waals surface area contributed by atoms with Gasteiger partial charge in [-0.2, -0.15) is 4.91 Å². The number of nitrogens with zero attached hydrogens (tertiary/aromatic N) is 1. The number of unbranched alkanes of at least 4 members (excludes halogenated alkanes) is 2. The molecule has 7 N–H and O–H groups in total. The second-order valence-corrected chi connectivity index (χ2v) is 5.50. The number of carboxylic acid groups (broad SMARTS) is 1. The number of nitrogens with one attached hydrogen (secondary N) is 1. The van der Waals surface area contributed by atoms with Gasteiger partial charge in [0.1, 0.15) is 18.3 Å². The fourth-order valence-corrected chi connectivity index (χ4v) is 1.98. The lowest BCUT2D eigenvalue weighted by Crippen LogP contribution is -2.59. The van der Waals surface area contributed by atoms with Gasteiger partial charge in [-0.1, -0.05) is 5.18 Å². The zero-order valence-corrected chi connectivity index (χ0v) is 13.9. The molecule has 0 spiro atoms. The van der Waals surface area contributed by atoms with Crippen molar-refractivity contribution in [2.45, 2.75) is 56.4 Å². The second kappa shape index (κ2) is 14.0. The number of aliphatic carboxylic acids is 1. The molecule has 1 heterocycles. The topological polar surface area (TPSA) is 189 Å². The molecule has 1 aliphatic heterocycles. The normalized spacial score (nSPS) is 28.8. The molecule has 11 heteroatoms. The first-order chi connectivity index (χ1) is 11.9. The quantitative estimate of drug-likeness (QED) is 0.164. The number of aliphatic hydroxyl groups excluding tert-OH is 5. The molecule has 1 fully saturated rings. The van der Waals surface area contributed by atoms with Gasteiger partial charge in [0, 0.05) is 6.61 Å². The van der Waals surface area contributed by atoms with E-state index < -0.39 is 36.7 Å². The van der Waals surface area contributed by atoms with Crippen LogP contribution in [0.3, 0.4) is 0 Å². The molecule has 11 nitrogen and oxygen atoms in total. The van der Waals surface area contributed by atoms with Gasteiger partial charge in [0.15, 0.2) is 12.4 Å². The number of hydrogen-bond donors (Lipinski definition) is 7. The Morgan fingerprint density at radius 1 is 0.960 bits per heavy atom. The molecule has 1 rings (SSSR count). The first-order valence-electron chi connectivity index (χ1n) is 8.08. The highest BCUT2D eigenvalue weighted by atomic mass is 16.6. The van der Waals surface area contributed by atoms with Crippen molar-refractivity contribution >= 4 is 5.97 Å². The van der Waals surface area contributed by atoms with Crippen molar-refractivity contribution in [3.63, 3.8) is 0 Å². The Labute approximate surface area is 145 Å². The van der Waals surface area contributed by atoms with Crippen LogP contribution in [0.25, 0.3) is 0 Å². The summed E-state index contributed by atoms with van der Waals surface area (Å²) in [5, 5.41) is 58.8. The van der Waals surface area contributed by atoms with Crippen molar-refractivity contribution in [1.29, 1.82) is 0 Å². The second-order valence-electron chi connectivity index (χ2n) is 5.50. The van der Waals surface area contributed by atoms with Crippen molar-refractivity contribution in [2.24, 2.45) is 5.18 Å². The third-order valence-electron chi connectivity index (χ3n) is 3.45. The summed E-state index contributed by atoms with van der Waals surface area (Å²) in [6, 6.07) is 0. The van der Waals surface area contributed by atoms with E-state index in [0.717, 1.165) is 38.8 Å². The minimum atomic E-state index is -1.81. The van der Waals surface area contributed by atoms with Crippen molar-refractivity contribution in [3.05, 3.63) is 4.91 Å². The summed E-state index contributed by atoms with van der Waals surface area (Å²) in [7, 11) is 0. The molecule has 0 aliphatic carbocycles. The van der Waals surface area contributed by atoms with Gasteiger partial charge in [0.25, 0.3) is 0 Å². The van der Waals surface area contributed by atoms with Crippen LogP contribution >= 0.6 is 0 Å². The van der Waals surface area contributed by atoms with E-state index in [-0.39, 0.29) is 6.61 Å². The Bertz CT molecular complexity index is 372. The third kappa shape index (κ3) is 9.75. The van der Waals surface area contributed by atoms with Crippen LogP contribution in [0.15, 0.2) is 5.18 Å². The number of rotatable bonds is 10. The van der Waals surface area contributed by atoms with Crippen molar-refractivity contribution in [3.8, 4) is 0 Å². The predicted octanol–water partition coefficient (Wildman–Crippen LogP) is -2.23. The SMILES string of the molecule is O=C(O)[C@H]1OC(O)[C@H](O)[C@@H](O)[C@@H]1O.O=NCCCCNCCCCO. The lowest BCUT2D eigenvalue weighted by molar-refractivity contribution is -0.279. The lowest BCUT2D eigenvalue weighted by atomic mass is 9.99. The van der Waals surface area contributed by atoms with Gasteiger partial charge in [-0.05, 0) is 38.8 Å². The van der Waals surface area contributed by atoms with Crippen LogP contribution in [-0.2, 0) is 9.53 Å². The minimum absolute atomic E-state index is 0.275. The Hall–Kier alpha value is -1.21. The van der Waals surface area contributed by atoms with Gasteiger partial charge < -0.3 is 40.7 Å². The van der Waals surface area contributed by atoms with E-state index in [4.69, 9.17) is 30.6 Å². The van der Waals surface area contributed by atoms with Crippen molar-refractivity contribution < 1.29 is 40.2 Å². The maximum atomic E-state index is 10.4. The van der Waals surface area contributed by atoms with E-state index >= 15 is 0 Å². The summed E-state index contributed by atoms with van der Waals surface area (Å²) >= 11 is 0. The fraction of sp³-hybridized carbons (Fsp3) is 0.929. The molecule has 0 amide bonds. The van der Waals surface area contributed by atoms with Crippen LogP contribution in [0.5, 0.6) is 0 Å². The number of carboxylic acids is 1. The van der Waals surface area contributed by atoms with Crippen molar-refractivity contribution in [1.82, 2.24) is 5.32 Å². The summed E-state index contributed by atoms with van der Waals surface area (Å²) < 4.78 is 4.34. The van der Waals surface area contributed by atoms with Crippen LogP contribution in [0.4, 0.5) is 0 Å². The Morgan fingerprint density at radius 2 is 1.56 bits per heavy atom. The molecule has 0 radical (unpaired) electrons. The smallest absolute Gasteiger partial charge is 0.335 e. The molecule has 0 saturated carbocycles. The molecular formula is C14H28N2O9. The fourth-order valence-electron chi connectivity index (χ4n) is 1.98. The monoisotopic (exact) mass is 368 g/mol. The first kappa shape index (κ1) is 23.8. The average Bonchev–Trinajstić information content (AvgIpc) is 2.59. The summed E-state index contributed by atoms with van der Waals surface area (Å²) in [6.07, 6.45) is -4.97. The highest BCUT2D eigenvalue weighted by Crippen LogP contribution is 2.19. The third-order valence-corrected chi connectivity index (χ3v) is 3.45. The van der Waals surface area contributed by atoms with Crippen LogP contribution in [0, 0.1) is 4.91 Å². The zero-order chi connectivity index (χ0) is 19.2. The average molecular weight is 368 g/mol. The van der Waals surface area contributed by atoms with Crippen LogP contribution in [-0.4, -0.2) is 93.6 Å². The summed E-state index contributed by atoms with van der Waals surface area (Å²) in [5.74, 6) is -1.52. The maximum Gasteiger partial charge on any atom is 0.335 e. The Balaban J connectivity index is 0.000000463. The van der Waals surface area contributed by atoms with E-state index in [1.54, 1.807) is 0 Å². The zero-order valence-electron chi connectivity index (χ0n) is 13.9. The van der Waals surface area contributed by atoms with Gasteiger partial charge in [-0.25, -0.2) is 4.79 Å². The molecule has 25 heavy (non-hydrogen) atoms. The number of hydrogen-bond acceptors (Lipinski definition) is 10. The minimum Gasteiger partial charge on any atom is -0.479 e. The van der Waals surface area contributed by atoms with Crippen LogP contribution in [0.1, 0.15) is 25.7 Å². The molecule has 0 aromatic rings. The predicted molar refractivity (Wildman–Crippen MR) is 85.6 cm³/mol. The molecule has 1 unspecified atom stereocenters. The largest absolute Gasteiger partial charge is 0.479 e. The number of carbonyl (C=O) groups is 1. The molecule has 0 aromatic heterocycles.